The lowest BCUT2D eigenvalue weighted by Gasteiger charge is -2.23. The molecule has 3 nitrogen and oxygen atoms in total. The Hall–Kier alpha value is -1.77. The number of halogens is 3. The highest BCUT2D eigenvalue weighted by atomic mass is 19.4. The van der Waals surface area contributed by atoms with Gasteiger partial charge in [-0.25, -0.2) is 4.98 Å². The normalized spacial score (nSPS) is 14.6. The van der Waals surface area contributed by atoms with Gasteiger partial charge in [-0.2, -0.15) is 18.4 Å². The first kappa shape index (κ1) is 14.6. The van der Waals surface area contributed by atoms with Crippen molar-refractivity contribution in [1.29, 1.82) is 5.26 Å². The molecule has 1 aliphatic rings. The van der Waals surface area contributed by atoms with Gasteiger partial charge in [-0.1, -0.05) is 0 Å². The number of hydrogen-bond donors (Lipinski definition) is 0. The van der Waals surface area contributed by atoms with Gasteiger partial charge in [0.15, 0.2) is 0 Å². The molecule has 0 aliphatic heterocycles. The summed E-state index contributed by atoms with van der Waals surface area (Å²) in [5.74, 6) is 0.359. The third-order valence-corrected chi connectivity index (χ3v) is 3.49. The lowest BCUT2D eigenvalue weighted by molar-refractivity contribution is -0.132. The molecule has 1 aliphatic carbocycles. The van der Waals surface area contributed by atoms with Crippen LogP contribution >= 0.6 is 0 Å². The molecule has 0 saturated heterocycles. The van der Waals surface area contributed by atoms with Crippen molar-refractivity contribution in [2.45, 2.75) is 38.3 Å². The second kappa shape index (κ2) is 5.70. The molecule has 0 spiro atoms. The molecule has 108 valence electrons. The molecule has 0 radical (unpaired) electrons. The summed E-state index contributed by atoms with van der Waals surface area (Å²) >= 11 is 0. The van der Waals surface area contributed by atoms with E-state index in [1.54, 1.807) is 13.1 Å². The van der Waals surface area contributed by atoms with Gasteiger partial charge in [-0.05, 0) is 37.3 Å². The molecular weight excluding hydrogens is 267 g/mol. The van der Waals surface area contributed by atoms with Gasteiger partial charge < -0.3 is 4.90 Å². The van der Waals surface area contributed by atoms with Gasteiger partial charge in [0.2, 0.25) is 0 Å². The maximum atomic E-state index is 12.3. The quantitative estimate of drug-likeness (QED) is 0.855. The summed E-state index contributed by atoms with van der Waals surface area (Å²) in [5, 5.41) is 9.16. The number of pyridine rings is 1. The van der Waals surface area contributed by atoms with Gasteiger partial charge in [0.25, 0.3) is 0 Å². The fourth-order valence-electron chi connectivity index (χ4n) is 2.40. The van der Waals surface area contributed by atoms with Crippen molar-refractivity contribution in [3.05, 3.63) is 22.9 Å². The molecular formula is C14H16F3N3. The number of alkyl halides is 3. The van der Waals surface area contributed by atoms with Crippen molar-refractivity contribution < 1.29 is 13.2 Å². The molecule has 0 unspecified atom stereocenters. The Balaban J connectivity index is 2.24. The van der Waals surface area contributed by atoms with Crippen molar-refractivity contribution in [2.24, 2.45) is 0 Å². The highest BCUT2D eigenvalue weighted by Crippen LogP contribution is 2.27. The van der Waals surface area contributed by atoms with Crippen LogP contribution in [-0.4, -0.2) is 24.8 Å². The Morgan fingerprint density at radius 2 is 2.05 bits per heavy atom. The number of rotatable bonds is 3. The molecule has 2 rings (SSSR count). The maximum absolute atomic E-state index is 12.3. The van der Waals surface area contributed by atoms with Crippen LogP contribution in [-0.2, 0) is 12.8 Å². The molecule has 1 aromatic heterocycles. The fraction of sp³-hybridized carbons (Fsp3) is 0.571. The van der Waals surface area contributed by atoms with Gasteiger partial charge in [0, 0.05) is 19.3 Å². The Kier molecular flexibility index (Phi) is 4.17. The first-order chi connectivity index (χ1) is 9.40. The van der Waals surface area contributed by atoms with E-state index in [0.29, 0.717) is 11.4 Å². The first-order valence-electron chi connectivity index (χ1n) is 6.61. The minimum absolute atomic E-state index is 0.191. The van der Waals surface area contributed by atoms with Crippen molar-refractivity contribution >= 4 is 5.82 Å². The number of hydrogen-bond acceptors (Lipinski definition) is 3. The van der Waals surface area contributed by atoms with Crippen LogP contribution in [0.25, 0.3) is 0 Å². The molecule has 0 amide bonds. The number of aromatic nitrogens is 1. The largest absolute Gasteiger partial charge is 0.390 e. The van der Waals surface area contributed by atoms with Gasteiger partial charge in [-0.3, -0.25) is 0 Å². The van der Waals surface area contributed by atoms with Crippen LogP contribution in [0.5, 0.6) is 0 Å². The minimum atomic E-state index is -4.20. The third kappa shape index (κ3) is 3.41. The van der Waals surface area contributed by atoms with Gasteiger partial charge >= 0.3 is 6.18 Å². The van der Waals surface area contributed by atoms with E-state index in [0.717, 1.165) is 36.9 Å². The van der Waals surface area contributed by atoms with E-state index in [4.69, 9.17) is 5.26 Å². The smallest absolute Gasteiger partial charge is 0.358 e. The first-order valence-corrected chi connectivity index (χ1v) is 6.61. The Labute approximate surface area is 116 Å². The van der Waals surface area contributed by atoms with E-state index in [-0.39, 0.29) is 6.54 Å². The summed E-state index contributed by atoms with van der Waals surface area (Å²) in [6, 6.07) is 3.82. The summed E-state index contributed by atoms with van der Waals surface area (Å²) in [5.41, 5.74) is 2.33. The SMILES string of the molecule is CN(CCC(F)(F)F)c1nc2c(cc1C#N)CCCC2. The summed E-state index contributed by atoms with van der Waals surface area (Å²) in [7, 11) is 1.55. The summed E-state index contributed by atoms with van der Waals surface area (Å²) < 4.78 is 36.8. The van der Waals surface area contributed by atoms with Gasteiger partial charge in [0.05, 0.1) is 12.0 Å². The molecule has 0 saturated carbocycles. The number of nitrogens with zero attached hydrogens (tertiary/aromatic N) is 3. The van der Waals surface area contributed by atoms with Crippen molar-refractivity contribution in [3.63, 3.8) is 0 Å². The summed E-state index contributed by atoms with van der Waals surface area (Å²) in [6.07, 6.45) is -1.27. The van der Waals surface area contributed by atoms with E-state index in [1.165, 1.54) is 4.90 Å². The van der Waals surface area contributed by atoms with Gasteiger partial charge in [-0.15, -0.1) is 0 Å². The molecule has 0 bridgehead atoms. The van der Waals surface area contributed by atoms with Crippen LogP contribution in [0, 0.1) is 11.3 Å². The maximum Gasteiger partial charge on any atom is 0.390 e. The van der Waals surface area contributed by atoms with Crippen LogP contribution in [0.2, 0.25) is 0 Å². The molecule has 1 heterocycles. The standard InChI is InChI=1S/C14H16F3N3/c1-20(7-6-14(15,16)17)13-11(9-18)8-10-4-2-3-5-12(10)19-13/h8H,2-7H2,1H3. The van der Waals surface area contributed by atoms with Crippen molar-refractivity contribution in [2.75, 3.05) is 18.5 Å². The lowest BCUT2D eigenvalue weighted by atomic mass is 9.95. The number of aryl methyl sites for hydroxylation is 2. The van der Waals surface area contributed by atoms with Crippen molar-refractivity contribution in [1.82, 2.24) is 4.98 Å². The summed E-state index contributed by atoms with van der Waals surface area (Å²) in [4.78, 5) is 5.84. The number of nitriles is 1. The molecule has 1 aromatic rings. The Morgan fingerprint density at radius 1 is 1.35 bits per heavy atom. The van der Waals surface area contributed by atoms with Crippen LogP contribution < -0.4 is 4.90 Å². The van der Waals surface area contributed by atoms with Crippen LogP contribution in [0.4, 0.5) is 19.0 Å². The highest BCUT2D eigenvalue weighted by molar-refractivity contribution is 5.56. The van der Waals surface area contributed by atoms with Crippen LogP contribution in [0.1, 0.15) is 36.1 Å². The molecule has 0 atom stereocenters. The molecule has 0 N–H and O–H groups in total. The van der Waals surface area contributed by atoms with E-state index < -0.39 is 12.6 Å². The second-order valence-corrected chi connectivity index (χ2v) is 5.07. The monoisotopic (exact) mass is 283 g/mol. The molecule has 0 fully saturated rings. The number of anilines is 1. The highest BCUT2D eigenvalue weighted by Gasteiger charge is 2.28. The zero-order chi connectivity index (χ0) is 14.8. The molecule has 20 heavy (non-hydrogen) atoms. The zero-order valence-corrected chi connectivity index (χ0v) is 11.3. The van der Waals surface area contributed by atoms with Crippen LogP contribution in [0.15, 0.2) is 6.07 Å². The van der Waals surface area contributed by atoms with E-state index in [2.05, 4.69) is 4.98 Å². The lowest BCUT2D eigenvalue weighted by Crippen LogP contribution is -2.26. The van der Waals surface area contributed by atoms with Gasteiger partial charge in [0.1, 0.15) is 11.9 Å². The average Bonchev–Trinajstić information content (AvgIpc) is 2.42. The van der Waals surface area contributed by atoms with E-state index in [9.17, 15) is 13.2 Å². The zero-order valence-electron chi connectivity index (χ0n) is 11.3. The van der Waals surface area contributed by atoms with E-state index >= 15 is 0 Å². The van der Waals surface area contributed by atoms with E-state index in [1.807, 2.05) is 6.07 Å². The van der Waals surface area contributed by atoms with Crippen molar-refractivity contribution in [3.8, 4) is 6.07 Å². The fourth-order valence-corrected chi connectivity index (χ4v) is 2.40. The Morgan fingerprint density at radius 3 is 2.70 bits per heavy atom. The third-order valence-electron chi connectivity index (χ3n) is 3.49. The Bertz CT molecular complexity index is 532. The number of fused-ring (bicyclic) bond motifs is 1. The second-order valence-electron chi connectivity index (χ2n) is 5.07. The molecule has 0 aromatic carbocycles. The topological polar surface area (TPSA) is 39.9 Å². The molecule has 6 heteroatoms. The average molecular weight is 283 g/mol. The minimum Gasteiger partial charge on any atom is -0.358 e. The predicted octanol–water partition coefficient (Wildman–Crippen LogP) is 3.22. The summed E-state index contributed by atoms with van der Waals surface area (Å²) in [6.45, 7) is -0.191. The van der Waals surface area contributed by atoms with Crippen LogP contribution in [0.3, 0.4) is 0 Å². The predicted molar refractivity (Wildman–Crippen MR) is 69.5 cm³/mol.